The fourth-order valence-electron chi connectivity index (χ4n) is 2.30. The Hall–Kier alpha value is -1.31. The Morgan fingerprint density at radius 3 is 2.60 bits per heavy atom. The standard InChI is InChI=1S/C13H17NO/c1-10(2)13-7-11-5-3-4-6-12(11)8-14(13)9-15/h3-6,9-10,13H,7-8H2,1-2H3/t13-/m1/s1. The molecule has 0 bridgehead atoms. The zero-order chi connectivity index (χ0) is 10.8. The molecule has 0 spiro atoms. The Morgan fingerprint density at radius 1 is 1.33 bits per heavy atom. The van der Waals surface area contributed by atoms with Gasteiger partial charge >= 0.3 is 0 Å². The Labute approximate surface area is 90.9 Å². The van der Waals surface area contributed by atoms with E-state index in [0.29, 0.717) is 12.0 Å². The minimum atomic E-state index is 0.359. The van der Waals surface area contributed by atoms with Gasteiger partial charge in [0.15, 0.2) is 0 Å². The maximum atomic E-state index is 11.0. The summed E-state index contributed by atoms with van der Waals surface area (Å²) >= 11 is 0. The Balaban J connectivity index is 2.30. The minimum absolute atomic E-state index is 0.359. The molecule has 0 radical (unpaired) electrons. The summed E-state index contributed by atoms with van der Waals surface area (Å²) < 4.78 is 0. The molecule has 0 unspecified atom stereocenters. The average molecular weight is 203 g/mol. The van der Waals surface area contributed by atoms with Gasteiger partial charge in [0, 0.05) is 12.6 Å². The number of carbonyl (C=O) groups is 1. The normalized spacial score (nSPS) is 20.2. The van der Waals surface area contributed by atoms with Gasteiger partial charge in [0.05, 0.1) is 0 Å². The molecule has 2 rings (SSSR count). The number of carbonyl (C=O) groups excluding carboxylic acids is 1. The molecule has 0 N–H and O–H groups in total. The number of benzene rings is 1. The largest absolute Gasteiger partial charge is 0.337 e. The van der Waals surface area contributed by atoms with E-state index in [1.54, 1.807) is 0 Å². The topological polar surface area (TPSA) is 20.3 Å². The highest BCUT2D eigenvalue weighted by atomic mass is 16.1. The predicted octanol–water partition coefficient (Wildman–Crippen LogP) is 2.23. The molecule has 0 saturated heterocycles. The third kappa shape index (κ3) is 1.89. The molecular weight excluding hydrogens is 186 g/mol. The number of hydrogen-bond donors (Lipinski definition) is 0. The summed E-state index contributed by atoms with van der Waals surface area (Å²) in [4.78, 5) is 12.9. The van der Waals surface area contributed by atoms with Crippen molar-refractivity contribution in [1.82, 2.24) is 4.90 Å². The first-order valence-corrected chi connectivity index (χ1v) is 5.50. The van der Waals surface area contributed by atoms with Gasteiger partial charge in [0.1, 0.15) is 0 Å². The molecular formula is C13H17NO. The molecule has 0 aliphatic carbocycles. The summed E-state index contributed by atoms with van der Waals surface area (Å²) in [5, 5.41) is 0. The average Bonchev–Trinajstić information content (AvgIpc) is 2.27. The van der Waals surface area contributed by atoms with E-state index >= 15 is 0 Å². The number of amides is 1. The highest BCUT2D eigenvalue weighted by Crippen LogP contribution is 2.25. The zero-order valence-corrected chi connectivity index (χ0v) is 9.31. The van der Waals surface area contributed by atoms with Crippen molar-refractivity contribution in [2.24, 2.45) is 5.92 Å². The van der Waals surface area contributed by atoms with Crippen LogP contribution in [-0.4, -0.2) is 17.4 Å². The van der Waals surface area contributed by atoms with E-state index in [1.165, 1.54) is 11.1 Å². The molecule has 15 heavy (non-hydrogen) atoms. The van der Waals surface area contributed by atoms with Crippen LogP contribution in [0.25, 0.3) is 0 Å². The molecule has 1 aliphatic rings. The molecule has 1 atom stereocenters. The van der Waals surface area contributed by atoms with Crippen molar-refractivity contribution in [3.05, 3.63) is 35.4 Å². The molecule has 2 nitrogen and oxygen atoms in total. The van der Waals surface area contributed by atoms with Crippen LogP contribution in [0.2, 0.25) is 0 Å². The van der Waals surface area contributed by atoms with Crippen LogP contribution in [0.3, 0.4) is 0 Å². The SMILES string of the molecule is CC(C)[C@H]1Cc2ccccc2CN1C=O. The van der Waals surface area contributed by atoms with E-state index in [2.05, 4.69) is 32.0 Å². The van der Waals surface area contributed by atoms with Gasteiger partial charge in [-0.25, -0.2) is 0 Å². The van der Waals surface area contributed by atoms with Gasteiger partial charge in [-0.05, 0) is 23.5 Å². The second kappa shape index (κ2) is 4.05. The summed E-state index contributed by atoms with van der Waals surface area (Å²) in [6.45, 7) is 5.12. The first kappa shape index (κ1) is 10.2. The van der Waals surface area contributed by atoms with Crippen molar-refractivity contribution in [1.29, 1.82) is 0 Å². The highest BCUT2D eigenvalue weighted by Gasteiger charge is 2.26. The monoisotopic (exact) mass is 203 g/mol. The fraction of sp³-hybridized carbons (Fsp3) is 0.462. The maximum absolute atomic E-state index is 11.0. The van der Waals surface area contributed by atoms with Crippen molar-refractivity contribution in [3.8, 4) is 0 Å². The van der Waals surface area contributed by atoms with E-state index in [9.17, 15) is 4.79 Å². The Morgan fingerprint density at radius 2 is 2.00 bits per heavy atom. The van der Waals surface area contributed by atoms with Crippen LogP contribution in [0.5, 0.6) is 0 Å². The first-order valence-electron chi connectivity index (χ1n) is 5.50. The van der Waals surface area contributed by atoms with Gasteiger partial charge in [0.2, 0.25) is 6.41 Å². The molecule has 1 heterocycles. The molecule has 1 amide bonds. The molecule has 80 valence electrons. The van der Waals surface area contributed by atoms with Gasteiger partial charge in [-0.1, -0.05) is 38.1 Å². The second-order valence-electron chi connectivity index (χ2n) is 4.56. The first-order chi connectivity index (χ1) is 7.22. The third-order valence-electron chi connectivity index (χ3n) is 3.23. The number of nitrogens with zero attached hydrogens (tertiary/aromatic N) is 1. The minimum Gasteiger partial charge on any atom is -0.337 e. The molecule has 1 aromatic rings. The quantitative estimate of drug-likeness (QED) is 0.675. The summed E-state index contributed by atoms with van der Waals surface area (Å²) in [5.74, 6) is 0.517. The fourth-order valence-corrected chi connectivity index (χ4v) is 2.30. The van der Waals surface area contributed by atoms with Crippen LogP contribution < -0.4 is 0 Å². The lowest BCUT2D eigenvalue weighted by Gasteiger charge is -2.36. The van der Waals surface area contributed by atoms with E-state index in [4.69, 9.17) is 0 Å². The van der Waals surface area contributed by atoms with Crippen molar-refractivity contribution in [2.45, 2.75) is 32.9 Å². The van der Waals surface area contributed by atoms with Crippen molar-refractivity contribution >= 4 is 6.41 Å². The summed E-state index contributed by atoms with van der Waals surface area (Å²) in [6, 6.07) is 8.76. The molecule has 0 fully saturated rings. The van der Waals surface area contributed by atoms with E-state index in [0.717, 1.165) is 19.4 Å². The summed E-state index contributed by atoms with van der Waals surface area (Å²) in [5.41, 5.74) is 2.69. The van der Waals surface area contributed by atoms with Gasteiger partial charge in [-0.3, -0.25) is 4.79 Å². The molecule has 0 saturated carbocycles. The van der Waals surface area contributed by atoms with Crippen LogP contribution in [0.1, 0.15) is 25.0 Å². The van der Waals surface area contributed by atoms with Crippen LogP contribution >= 0.6 is 0 Å². The van der Waals surface area contributed by atoms with Gasteiger partial charge < -0.3 is 4.90 Å². The van der Waals surface area contributed by atoms with Gasteiger partial charge in [-0.2, -0.15) is 0 Å². The van der Waals surface area contributed by atoms with Crippen molar-refractivity contribution < 1.29 is 4.79 Å². The van der Waals surface area contributed by atoms with Gasteiger partial charge in [0.25, 0.3) is 0 Å². The lowest BCUT2D eigenvalue weighted by Crippen LogP contribution is -2.42. The van der Waals surface area contributed by atoms with Crippen LogP contribution in [0.15, 0.2) is 24.3 Å². The zero-order valence-electron chi connectivity index (χ0n) is 9.31. The number of rotatable bonds is 2. The van der Waals surface area contributed by atoms with E-state index in [-0.39, 0.29) is 0 Å². The van der Waals surface area contributed by atoms with Crippen LogP contribution in [0.4, 0.5) is 0 Å². The van der Waals surface area contributed by atoms with Crippen molar-refractivity contribution in [2.75, 3.05) is 0 Å². The van der Waals surface area contributed by atoms with Crippen LogP contribution in [-0.2, 0) is 17.8 Å². The summed E-state index contributed by atoms with van der Waals surface area (Å²) in [6.07, 6.45) is 1.98. The van der Waals surface area contributed by atoms with E-state index < -0.39 is 0 Å². The predicted molar refractivity (Wildman–Crippen MR) is 60.4 cm³/mol. The molecule has 1 aliphatic heterocycles. The van der Waals surface area contributed by atoms with E-state index in [1.807, 2.05) is 11.0 Å². The lowest BCUT2D eigenvalue weighted by atomic mass is 9.88. The Kier molecular flexibility index (Phi) is 2.76. The smallest absolute Gasteiger partial charge is 0.210 e. The summed E-state index contributed by atoms with van der Waals surface area (Å²) in [7, 11) is 0. The van der Waals surface area contributed by atoms with Crippen LogP contribution in [0, 0.1) is 5.92 Å². The van der Waals surface area contributed by atoms with Gasteiger partial charge in [-0.15, -0.1) is 0 Å². The second-order valence-corrected chi connectivity index (χ2v) is 4.56. The van der Waals surface area contributed by atoms with Crippen molar-refractivity contribution in [3.63, 3.8) is 0 Å². The molecule has 0 aromatic heterocycles. The third-order valence-corrected chi connectivity index (χ3v) is 3.23. The molecule has 1 aromatic carbocycles. The molecule has 2 heteroatoms. The number of fused-ring (bicyclic) bond motifs is 1. The Bertz CT molecular complexity index is 359. The lowest BCUT2D eigenvalue weighted by molar-refractivity contribution is -0.122. The maximum Gasteiger partial charge on any atom is 0.210 e. The number of hydrogen-bond acceptors (Lipinski definition) is 1. The highest BCUT2D eigenvalue weighted by molar-refractivity contribution is 5.50.